The van der Waals surface area contributed by atoms with Crippen LogP contribution in [-0.2, 0) is 4.79 Å². The van der Waals surface area contributed by atoms with E-state index in [-0.39, 0.29) is 11.3 Å². The molecule has 0 spiro atoms. The smallest absolute Gasteiger partial charge is 0.232 e. The van der Waals surface area contributed by atoms with Crippen molar-refractivity contribution in [3.63, 3.8) is 0 Å². The molecule has 2 aliphatic rings. The number of nitrogens with one attached hydrogen (secondary N) is 2. The summed E-state index contributed by atoms with van der Waals surface area (Å²) in [7, 11) is 1.62. The van der Waals surface area contributed by atoms with Crippen LogP contribution in [-0.4, -0.2) is 32.7 Å². The van der Waals surface area contributed by atoms with Gasteiger partial charge in [0.25, 0.3) is 0 Å². The molecule has 23 heavy (non-hydrogen) atoms. The highest BCUT2D eigenvalue weighted by atomic mass is 16.5. The van der Waals surface area contributed by atoms with Crippen LogP contribution in [0.15, 0.2) is 18.2 Å². The summed E-state index contributed by atoms with van der Waals surface area (Å²) in [6.07, 6.45) is 4.50. The Morgan fingerprint density at radius 1 is 1.39 bits per heavy atom. The summed E-state index contributed by atoms with van der Waals surface area (Å²) >= 11 is 0. The van der Waals surface area contributed by atoms with Crippen molar-refractivity contribution in [2.45, 2.75) is 32.6 Å². The first kappa shape index (κ1) is 16.1. The Morgan fingerprint density at radius 3 is 3.04 bits per heavy atom. The molecule has 1 aliphatic heterocycles. The molecule has 1 saturated carbocycles. The van der Waals surface area contributed by atoms with Gasteiger partial charge in [0.2, 0.25) is 5.91 Å². The Bertz CT molecular complexity index is 575. The zero-order valence-electron chi connectivity index (χ0n) is 14.0. The monoisotopic (exact) mass is 318 g/mol. The first-order chi connectivity index (χ1) is 11.2. The van der Waals surface area contributed by atoms with Crippen LogP contribution in [0.1, 0.15) is 32.6 Å². The third kappa shape index (κ3) is 3.02. The van der Waals surface area contributed by atoms with Crippen molar-refractivity contribution in [2.24, 2.45) is 11.3 Å². The number of ether oxygens (including phenoxy) is 2. The van der Waals surface area contributed by atoms with E-state index in [0.717, 1.165) is 38.0 Å². The van der Waals surface area contributed by atoms with E-state index in [0.29, 0.717) is 24.0 Å². The van der Waals surface area contributed by atoms with Crippen molar-refractivity contribution in [3.8, 4) is 11.5 Å². The highest BCUT2D eigenvalue weighted by Crippen LogP contribution is 2.44. The summed E-state index contributed by atoms with van der Waals surface area (Å²) in [5.74, 6) is 1.94. The van der Waals surface area contributed by atoms with E-state index in [1.165, 1.54) is 6.42 Å². The third-order valence-electron chi connectivity index (χ3n) is 5.21. The lowest BCUT2D eigenvalue weighted by molar-refractivity contribution is -0.128. The van der Waals surface area contributed by atoms with E-state index in [2.05, 4.69) is 10.6 Å². The Labute approximate surface area is 137 Å². The minimum atomic E-state index is -0.246. The summed E-state index contributed by atoms with van der Waals surface area (Å²) in [6, 6.07) is 5.55. The second kappa shape index (κ2) is 6.79. The molecular formula is C18H26N2O3. The van der Waals surface area contributed by atoms with Gasteiger partial charge in [-0.2, -0.15) is 0 Å². The first-order valence-electron chi connectivity index (χ1n) is 8.52. The lowest BCUT2D eigenvalue weighted by Gasteiger charge is -2.37. The highest BCUT2D eigenvalue weighted by molar-refractivity contribution is 5.96. The van der Waals surface area contributed by atoms with Gasteiger partial charge >= 0.3 is 0 Å². The van der Waals surface area contributed by atoms with Gasteiger partial charge in [-0.3, -0.25) is 4.79 Å². The molecule has 0 unspecified atom stereocenters. The van der Waals surface area contributed by atoms with Crippen LogP contribution in [0.5, 0.6) is 11.5 Å². The average molecular weight is 318 g/mol. The molecule has 1 aliphatic carbocycles. The number of hydrogen-bond acceptors (Lipinski definition) is 4. The maximum absolute atomic E-state index is 13.0. The van der Waals surface area contributed by atoms with Crippen LogP contribution in [0, 0.1) is 11.3 Å². The Hall–Kier alpha value is -1.75. The van der Waals surface area contributed by atoms with Gasteiger partial charge in [0.1, 0.15) is 0 Å². The van der Waals surface area contributed by atoms with Crippen LogP contribution in [0.25, 0.3) is 0 Å². The van der Waals surface area contributed by atoms with Crippen LogP contribution in [0.4, 0.5) is 5.69 Å². The van der Waals surface area contributed by atoms with E-state index < -0.39 is 0 Å². The molecule has 3 rings (SSSR count). The second-order valence-electron chi connectivity index (χ2n) is 6.48. The number of methoxy groups -OCH3 is 1. The number of benzene rings is 1. The van der Waals surface area contributed by atoms with E-state index in [9.17, 15) is 4.79 Å². The molecule has 2 N–H and O–H groups in total. The van der Waals surface area contributed by atoms with Crippen molar-refractivity contribution >= 4 is 11.6 Å². The van der Waals surface area contributed by atoms with Gasteiger partial charge < -0.3 is 20.1 Å². The fraction of sp³-hybridized carbons (Fsp3) is 0.611. The fourth-order valence-electron chi connectivity index (χ4n) is 3.97. The van der Waals surface area contributed by atoms with Gasteiger partial charge in [-0.05, 0) is 44.4 Å². The van der Waals surface area contributed by atoms with Gasteiger partial charge in [-0.25, -0.2) is 0 Å². The standard InChI is InChI=1S/C18H26N2O3/c1-3-23-16-10-14(7-8-15(16)22-2)20-17(21)18-9-5-4-6-13(18)11-19-12-18/h7-8,10,13,19H,3-6,9,11-12H2,1-2H3,(H,20,21)/t13-,18+/m0/s1. The van der Waals surface area contributed by atoms with Crippen LogP contribution in [0.3, 0.4) is 0 Å². The maximum atomic E-state index is 13.0. The summed E-state index contributed by atoms with van der Waals surface area (Å²) in [5.41, 5.74) is 0.522. The lowest BCUT2D eigenvalue weighted by atomic mass is 9.67. The summed E-state index contributed by atoms with van der Waals surface area (Å²) < 4.78 is 10.9. The largest absolute Gasteiger partial charge is 0.493 e. The SMILES string of the molecule is CCOc1cc(NC(=O)[C@@]23CCCC[C@H]2CNC3)ccc1OC. The Morgan fingerprint density at radius 2 is 2.26 bits per heavy atom. The molecule has 0 radical (unpaired) electrons. The lowest BCUT2D eigenvalue weighted by Crippen LogP contribution is -2.44. The highest BCUT2D eigenvalue weighted by Gasteiger charge is 2.49. The van der Waals surface area contributed by atoms with E-state index >= 15 is 0 Å². The molecule has 126 valence electrons. The number of carbonyl (C=O) groups excluding carboxylic acids is 1. The fourth-order valence-corrected chi connectivity index (χ4v) is 3.97. The van der Waals surface area contributed by atoms with Crippen molar-refractivity contribution in [3.05, 3.63) is 18.2 Å². The topological polar surface area (TPSA) is 59.6 Å². The number of fused-ring (bicyclic) bond motifs is 1. The molecular weight excluding hydrogens is 292 g/mol. The van der Waals surface area contributed by atoms with Crippen molar-refractivity contribution < 1.29 is 14.3 Å². The van der Waals surface area contributed by atoms with E-state index in [1.807, 2.05) is 25.1 Å². The summed E-state index contributed by atoms with van der Waals surface area (Å²) in [4.78, 5) is 13.0. The maximum Gasteiger partial charge on any atom is 0.232 e. The predicted octanol–water partition coefficient (Wildman–Crippen LogP) is 2.81. The Balaban J connectivity index is 1.78. The van der Waals surface area contributed by atoms with Crippen LogP contribution < -0.4 is 20.1 Å². The molecule has 1 amide bonds. The quantitative estimate of drug-likeness (QED) is 0.876. The van der Waals surface area contributed by atoms with E-state index in [1.54, 1.807) is 7.11 Å². The molecule has 5 nitrogen and oxygen atoms in total. The minimum absolute atomic E-state index is 0.139. The summed E-state index contributed by atoms with van der Waals surface area (Å²) in [6.45, 7) is 4.24. The number of amides is 1. The molecule has 1 heterocycles. The van der Waals surface area contributed by atoms with Gasteiger partial charge in [-0.1, -0.05) is 12.8 Å². The summed E-state index contributed by atoms with van der Waals surface area (Å²) in [5, 5.41) is 6.53. The minimum Gasteiger partial charge on any atom is -0.493 e. The molecule has 1 aromatic carbocycles. The predicted molar refractivity (Wildman–Crippen MR) is 90.1 cm³/mol. The molecule has 1 aromatic rings. The van der Waals surface area contributed by atoms with Gasteiger partial charge in [0, 0.05) is 18.3 Å². The van der Waals surface area contributed by atoms with Crippen LogP contribution >= 0.6 is 0 Å². The first-order valence-corrected chi connectivity index (χ1v) is 8.52. The molecule has 2 fully saturated rings. The molecule has 1 saturated heterocycles. The number of rotatable bonds is 5. The van der Waals surface area contributed by atoms with Gasteiger partial charge in [-0.15, -0.1) is 0 Å². The molecule has 0 bridgehead atoms. The van der Waals surface area contributed by atoms with Crippen LogP contribution in [0.2, 0.25) is 0 Å². The average Bonchev–Trinajstić information content (AvgIpc) is 3.01. The molecule has 0 aromatic heterocycles. The molecule has 2 atom stereocenters. The number of carbonyl (C=O) groups is 1. The Kier molecular flexibility index (Phi) is 4.76. The molecule has 5 heteroatoms. The van der Waals surface area contributed by atoms with E-state index in [4.69, 9.17) is 9.47 Å². The zero-order valence-corrected chi connectivity index (χ0v) is 14.0. The van der Waals surface area contributed by atoms with Gasteiger partial charge in [0.05, 0.1) is 19.1 Å². The number of anilines is 1. The number of hydrogen-bond donors (Lipinski definition) is 2. The second-order valence-corrected chi connectivity index (χ2v) is 6.48. The normalized spacial score (nSPS) is 26.4. The van der Waals surface area contributed by atoms with Crippen molar-refractivity contribution in [1.29, 1.82) is 0 Å². The third-order valence-corrected chi connectivity index (χ3v) is 5.21. The van der Waals surface area contributed by atoms with Crippen molar-refractivity contribution in [2.75, 3.05) is 32.1 Å². The van der Waals surface area contributed by atoms with Crippen molar-refractivity contribution in [1.82, 2.24) is 5.32 Å². The zero-order chi connectivity index (χ0) is 16.3. The van der Waals surface area contributed by atoms with Gasteiger partial charge in [0.15, 0.2) is 11.5 Å².